The highest BCUT2D eigenvalue weighted by Gasteiger charge is 2.47. The summed E-state index contributed by atoms with van der Waals surface area (Å²) in [6, 6.07) is 21.4. The standard InChI is InChI=1S/C26H19BrN2O3/c1-15-5-4-6-18(13-15)29-23(20-14-28-21-8-3-2-7-19(20)21)22(25(31)26(29)32)24(30)16-9-11-17(27)12-10-16/h2-14,23,28,30H,1H3/b24-22+. The number of aromatic amines is 1. The summed E-state index contributed by atoms with van der Waals surface area (Å²) >= 11 is 3.39. The first-order chi connectivity index (χ1) is 15.5. The maximum Gasteiger partial charge on any atom is 0.300 e. The smallest absolute Gasteiger partial charge is 0.300 e. The first-order valence-electron chi connectivity index (χ1n) is 10.2. The van der Waals surface area contributed by atoms with Gasteiger partial charge in [-0.05, 0) is 42.8 Å². The Morgan fingerprint density at radius 3 is 2.50 bits per heavy atom. The Balaban J connectivity index is 1.78. The molecule has 3 aromatic carbocycles. The number of rotatable bonds is 3. The van der Waals surface area contributed by atoms with Crippen LogP contribution in [0.25, 0.3) is 16.7 Å². The molecule has 1 amide bonds. The quantitative estimate of drug-likeness (QED) is 0.216. The number of nitrogens with one attached hydrogen (secondary N) is 1. The molecule has 32 heavy (non-hydrogen) atoms. The summed E-state index contributed by atoms with van der Waals surface area (Å²) in [5, 5.41) is 12.1. The van der Waals surface area contributed by atoms with Gasteiger partial charge in [0.2, 0.25) is 0 Å². The SMILES string of the molecule is Cc1cccc(N2C(=O)C(=O)/C(=C(/O)c3ccc(Br)cc3)C2c2c[nH]c3ccccc23)c1. The predicted octanol–water partition coefficient (Wildman–Crippen LogP) is 5.87. The number of aryl methyl sites for hydroxylation is 1. The van der Waals surface area contributed by atoms with E-state index in [1.807, 2.05) is 49.4 Å². The molecule has 6 heteroatoms. The monoisotopic (exact) mass is 486 g/mol. The van der Waals surface area contributed by atoms with Crippen LogP contribution in [0.1, 0.15) is 22.7 Å². The molecule has 4 aromatic rings. The number of hydrogen-bond acceptors (Lipinski definition) is 3. The van der Waals surface area contributed by atoms with Crippen molar-refractivity contribution in [2.75, 3.05) is 4.90 Å². The number of carbonyl (C=O) groups excluding carboxylic acids is 2. The van der Waals surface area contributed by atoms with Crippen molar-refractivity contribution < 1.29 is 14.7 Å². The van der Waals surface area contributed by atoms with E-state index in [0.29, 0.717) is 11.3 Å². The number of anilines is 1. The molecule has 0 saturated carbocycles. The molecule has 1 saturated heterocycles. The lowest BCUT2D eigenvalue weighted by atomic mass is 9.94. The van der Waals surface area contributed by atoms with Crippen LogP contribution in [0, 0.1) is 6.92 Å². The Morgan fingerprint density at radius 1 is 1.00 bits per heavy atom. The number of ketones is 1. The second-order valence-corrected chi connectivity index (χ2v) is 8.72. The zero-order valence-corrected chi connectivity index (χ0v) is 18.8. The van der Waals surface area contributed by atoms with Crippen molar-refractivity contribution in [3.8, 4) is 0 Å². The summed E-state index contributed by atoms with van der Waals surface area (Å²) in [7, 11) is 0. The van der Waals surface area contributed by atoms with Crippen molar-refractivity contribution >= 4 is 50.0 Å². The lowest BCUT2D eigenvalue weighted by molar-refractivity contribution is -0.132. The topological polar surface area (TPSA) is 73.4 Å². The number of hydrogen-bond donors (Lipinski definition) is 2. The van der Waals surface area contributed by atoms with E-state index < -0.39 is 17.7 Å². The molecular weight excluding hydrogens is 468 g/mol. The highest BCUT2D eigenvalue weighted by Crippen LogP contribution is 2.44. The van der Waals surface area contributed by atoms with E-state index in [2.05, 4.69) is 20.9 Å². The fourth-order valence-corrected chi connectivity index (χ4v) is 4.52. The number of Topliss-reactive ketones (excluding diaryl/α,β-unsaturated/α-hetero) is 1. The first kappa shape index (κ1) is 20.3. The molecule has 1 unspecified atom stereocenters. The van der Waals surface area contributed by atoms with Crippen LogP contribution in [0.15, 0.2) is 89.0 Å². The van der Waals surface area contributed by atoms with Crippen LogP contribution in [-0.4, -0.2) is 21.8 Å². The minimum absolute atomic E-state index is 0.0728. The Morgan fingerprint density at radius 2 is 1.75 bits per heavy atom. The first-order valence-corrected chi connectivity index (χ1v) is 10.9. The molecule has 1 atom stereocenters. The molecule has 2 heterocycles. The normalized spacial score (nSPS) is 17.9. The Kier molecular flexibility index (Phi) is 4.94. The molecule has 1 fully saturated rings. The van der Waals surface area contributed by atoms with Crippen LogP contribution in [0.3, 0.4) is 0 Å². The van der Waals surface area contributed by atoms with E-state index in [1.165, 1.54) is 4.90 Å². The van der Waals surface area contributed by atoms with Gasteiger partial charge in [0.25, 0.3) is 11.7 Å². The highest BCUT2D eigenvalue weighted by molar-refractivity contribution is 9.10. The lowest BCUT2D eigenvalue weighted by Crippen LogP contribution is -2.29. The van der Waals surface area contributed by atoms with Crippen molar-refractivity contribution in [1.29, 1.82) is 0 Å². The largest absolute Gasteiger partial charge is 0.507 e. The van der Waals surface area contributed by atoms with E-state index in [0.717, 1.165) is 26.5 Å². The van der Waals surface area contributed by atoms with Crippen LogP contribution in [0.5, 0.6) is 0 Å². The van der Waals surface area contributed by atoms with Gasteiger partial charge in [-0.1, -0.05) is 58.4 Å². The van der Waals surface area contributed by atoms with Crippen LogP contribution < -0.4 is 4.90 Å². The number of aliphatic hydroxyl groups excluding tert-OH is 1. The maximum atomic E-state index is 13.3. The number of aromatic nitrogens is 1. The molecule has 5 rings (SSSR count). The number of nitrogens with zero attached hydrogens (tertiary/aromatic N) is 1. The fraction of sp³-hybridized carbons (Fsp3) is 0.0769. The third-order valence-corrected chi connectivity index (χ3v) is 6.29. The predicted molar refractivity (Wildman–Crippen MR) is 128 cm³/mol. The number of carbonyl (C=O) groups is 2. The van der Waals surface area contributed by atoms with Crippen molar-refractivity contribution in [2.24, 2.45) is 0 Å². The third kappa shape index (κ3) is 3.24. The number of benzene rings is 3. The number of halogens is 1. The van der Waals surface area contributed by atoms with Gasteiger partial charge in [-0.3, -0.25) is 14.5 Å². The van der Waals surface area contributed by atoms with Gasteiger partial charge in [0.05, 0.1) is 11.6 Å². The van der Waals surface area contributed by atoms with Gasteiger partial charge in [0.15, 0.2) is 0 Å². The lowest BCUT2D eigenvalue weighted by Gasteiger charge is -2.25. The summed E-state index contributed by atoms with van der Waals surface area (Å²) in [5.41, 5.74) is 3.76. The summed E-state index contributed by atoms with van der Waals surface area (Å²) in [6.07, 6.45) is 1.80. The summed E-state index contributed by atoms with van der Waals surface area (Å²) < 4.78 is 0.849. The van der Waals surface area contributed by atoms with Crippen molar-refractivity contribution in [3.63, 3.8) is 0 Å². The van der Waals surface area contributed by atoms with Gasteiger partial charge in [-0.15, -0.1) is 0 Å². The number of H-pyrrole nitrogens is 1. The fourth-order valence-electron chi connectivity index (χ4n) is 4.25. The van der Waals surface area contributed by atoms with Gasteiger partial charge in [0.1, 0.15) is 5.76 Å². The average molecular weight is 487 g/mol. The van der Waals surface area contributed by atoms with Gasteiger partial charge < -0.3 is 10.1 Å². The number of amides is 1. The molecule has 1 aromatic heterocycles. The Hall–Kier alpha value is -3.64. The summed E-state index contributed by atoms with van der Waals surface area (Å²) in [6.45, 7) is 1.93. The molecule has 158 valence electrons. The molecule has 0 spiro atoms. The molecule has 0 bridgehead atoms. The van der Waals surface area contributed by atoms with Crippen LogP contribution in [0.4, 0.5) is 5.69 Å². The molecule has 1 aliphatic heterocycles. The van der Waals surface area contributed by atoms with Gasteiger partial charge >= 0.3 is 0 Å². The molecule has 5 nitrogen and oxygen atoms in total. The van der Waals surface area contributed by atoms with E-state index in [4.69, 9.17) is 0 Å². The number of para-hydroxylation sites is 1. The van der Waals surface area contributed by atoms with E-state index in [9.17, 15) is 14.7 Å². The Bertz CT molecular complexity index is 1400. The zero-order valence-electron chi connectivity index (χ0n) is 17.2. The minimum atomic E-state index is -0.767. The number of fused-ring (bicyclic) bond motifs is 1. The molecule has 1 aliphatic rings. The van der Waals surface area contributed by atoms with E-state index in [1.54, 1.807) is 36.5 Å². The van der Waals surface area contributed by atoms with Gasteiger partial charge in [-0.2, -0.15) is 0 Å². The maximum absolute atomic E-state index is 13.3. The van der Waals surface area contributed by atoms with Gasteiger partial charge in [-0.25, -0.2) is 0 Å². The van der Waals surface area contributed by atoms with Crippen molar-refractivity contribution in [3.05, 3.63) is 106 Å². The Labute approximate surface area is 193 Å². The average Bonchev–Trinajstić information content (AvgIpc) is 3.32. The second-order valence-electron chi connectivity index (χ2n) is 7.80. The second kappa shape index (κ2) is 7.80. The van der Waals surface area contributed by atoms with Crippen LogP contribution >= 0.6 is 15.9 Å². The molecular formula is C26H19BrN2O3. The molecule has 0 aliphatic carbocycles. The van der Waals surface area contributed by atoms with E-state index >= 15 is 0 Å². The van der Waals surface area contributed by atoms with Gasteiger partial charge in [0, 0.05) is 38.4 Å². The number of aliphatic hydroxyl groups is 1. The van der Waals surface area contributed by atoms with Crippen LogP contribution in [0.2, 0.25) is 0 Å². The summed E-state index contributed by atoms with van der Waals surface area (Å²) in [5.74, 6) is -1.56. The van der Waals surface area contributed by atoms with E-state index in [-0.39, 0.29) is 11.3 Å². The third-order valence-electron chi connectivity index (χ3n) is 5.76. The zero-order chi connectivity index (χ0) is 22.4. The molecule has 0 radical (unpaired) electrons. The van der Waals surface area contributed by atoms with Crippen molar-refractivity contribution in [1.82, 2.24) is 4.98 Å². The molecule has 2 N–H and O–H groups in total. The van der Waals surface area contributed by atoms with Crippen molar-refractivity contribution in [2.45, 2.75) is 13.0 Å². The van der Waals surface area contributed by atoms with Crippen LogP contribution in [-0.2, 0) is 9.59 Å². The summed E-state index contributed by atoms with van der Waals surface area (Å²) in [4.78, 5) is 31.2. The minimum Gasteiger partial charge on any atom is -0.507 e. The highest BCUT2D eigenvalue weighted by atomic mass is 79.9.